The molecule has 0 saturated carbocycles. The van der Waals surface area contributed by atoms with E-state index in [2.05, 4.69) is 5.32 Å². The number of hydrogen-bond acceptors (Lipinski definition) is 4. The molecule has 0 saturated heterocycles. The molecule has 0 bridgehead atoms. The van der Waals surface area contributed by atoms with Gasteiger partial charge in [-0.3, -0.25) is 4.79 Å². The smallest absolute Gasteiger partial charge is 0.382 e. The number of alkyl halides is 3. The highest BCUT2D eigenvalue weighted by Crippen LogP contribution is 2.31. The van der Waals surface area contributed by atoms with Crippen LogP contribution in [0.15, 0.2) is 42.5 Å². The van der Waals surface area contributed by atoms with Crippen molar-refractivity contribution in [2.45, 2.75) is 6.18 Å². The van der Waals surface area contributed by atoms with Crippen molar-refractivity contribution in [1.29, 1.82) is 0 Å². The third-order valence-corrected chi connectivity index (χ3v) is 4.03. The number of halogens is 4. The van der Waals surface area contributed by atoms with Crippen molar-refractivity contribution >= 4 is 44.3 Å². The predicted molar refractivity (Wildman–Crippen MR) is 94.0 cm³/mol. The van der Waals surface area contributed by atoms with Gasteiger partial charge in [0.1, 0.15) is 0 Å². The minimum absolute atomic E-state index is 0.0796. The second kappa shape index (κ2) is 7.20. The zero-order valence-electron chi connectivity index (χ0n) is 12.6. The second-order valence-corrected chi connectivity index (χ2v) is 7.78. The lowest BCUT2D eigenvalue weighted by molar-refractivity contribution is -0.137. The number of benzene rings is 2. The number of carbonyl (C=O) groups is 1. The summed E-state index contributed by atoms with van der Waals surface area (Å²) in [6.07, 6.45) is -3.73. The van der Waals surface area contributed by atoms with E-state index >= 15 is 0 Å². The van der Waals surface area contributed by atoms with Crippen LogP contribution in [0.2, 0.25) is 0 Å². The molecular weight excluding hydrogens is 474 g/mol. The van der Waals surface area contributed by atoms with Crippen molar-refractivity contribution in [1.82, 2.24) is 0 Å². The highest BCUT2D eigenvalue weighted by Gasteiger charge is 2.30. The van der Waals surface area contributed by atoms with Crippen LogP contribution in [0.25, 0.3) is 0 Å². The van der Waals surface area contributed by atoms with Crippen molar-refractivity contribution in [3.63, 3.8) is 0 Å². The number of anilines is 1. The maximum absolute atomic E-state index is 12.7. The Balaban J connectivity index is 2.34. The molecule has 0 aliphatic heterocycles. The van der Waals surface area contributed by atoms with Crippen LogP contribution in [-0.4, -0.2) is 20.6 Å². The lowest BCUT2D eigenvalue weighted by atomic mass is 10.1. The molecule has 0 atom stereocenters. The van der Waals surface area contributed by atoms with Gasteiger partial charge in [-0.15, -0.1) is 0 Å². The van der Waals surface area contributed by atoms with Gasteiger partial charge in [0.2, 0.25) is 0 Å². The van der Waals surface area contributed by atoms with Gasteiger partial charge >= 0.3 is 16.3 Å². The van der Waals surface area contributed by atoms with Crippen LogP contribution in [0, 0.1) is 3.57 Å². The van der Waals surface area contributed by atoms with Crippen LogP contribution in [0.4, 0.5) is 18.9 Å². The topological polar surface area (TPSA) is 72.5 Å². The number of carbonyl (C=O) groups excluding carboxylic acids is 1. The molecule has 0 unspecified atom stereocenters. The minimum Gasteiger partial charge on any atom is -0.382 e. The van der Waals surface area contributed by atoms with E-state index in [1.165, 1.54) is 24.3 Å². The van der Waals surface area contributed by atoms with E-state index in [0.29, 0.717) is 3.57 Å². The molecule has 5 nitrogen and oxygen atoms in total. The van der Waals surface area contributed by atoms with Gasteiger partial charge in [0.25, 0.3) is 5.91 Å². The molecule has 1 N–H and O–H groups in total. The van der Waals surface area contributed by atoms with Gasteiger partial charge in [-0.05, 0) is 59.0 Å². The Kier molecular flexibility index (Phi) is 5.62. The fraction of sp³-hybridized carbons (Fsp3) is 0.133. The largest absolute Gasteiger partial charge is 0.416 e. The van der Waals surface area contributed by atoms with E-state index in [1.54, 1.807) is 0 Å². The fourth-order valence-corrected chi connectivity index (χ4v) is 2.85. The lowest BCUT2D eigenvalue weighted by Gasteiger charge is -2.12. The summed E-state index contributed by atoms with van der Waals surface area (Å²) in [6, 6.07) is 8.29. The molecule has 0 spiro atoms. The molecular formula is C15H11F3INO4S. The molecule has 0 radical (unpaired) electrons. The minimum atomic E-state index is -4.55. The van der Waals surface area contributed by atoms with Crippen LogP contribution in [-0.2, 0) is 16.3 Å². The Morgan fingerprint density at radius 1 is 1.16 bits per heavy atom. The molecule has 0 fully saturated rings. The van der Waals surface area contributed by atoms with E-state index < -0.39 is 27.8 Å². The van der Waals surface area contributed by atoms with Gasteiger partial charge in [0.15, 0.2) is 5.75 Å². The molecule has 0 heterocycles. The van der Waals surface area contributed by atoms with Gasteiger partial charge in [-0.25, -0.2) is 0 Å². The summed E-state index contributed by atoms with van der Waals surface area (Å²) in [5, 5.41) is 2.31. The zero-order chi connectivity index (χ0) is 18.8. The van der Waals surface area contributed by atoms with E-state index in [0.717, 1.165) is 24.5 Å². The van der Waals surface area contributed by atoms with E-state index in [-0.39, 0.29) is 17.0 Å². The number of rotatable bonds is 4. The van der Waals surface area contributed by atoms with Gasteiger partial charge in [0, 0.05) is 9.26 Å². The highest BCUT2D eigenvalue weighted by molar-refractivity contribution is 14.1. The first-order valence-electron chi connectivity index (χ1n) is 6.63. The molecule has 0 aliphatic rings. The van der Waals surface area contributed by atoms with Gasteiger partial charge in [-0.2, -0.15) is 21.6 Å². The van der Waals surface area contributed by atoms with Crippen LogP contribution in [0.5, 0.6) is 5.75 Å². The zero-order valence-corrected chi connectivity index (χ0v) is 15.6. The Labute approximate surface area is 155 Å². The van der Waals surface area contributed by atoms with Crippen LogP contribution in [0.1, 0.15) is 15.9 Å². The lowest BCUT2D eigenvalue weighted by Crippen LogP contribution is -2.16. The monoisotopic (exact) mass is 485 g/mol. The molecule has 134 valence electrons. The molecule has 0 aromatic heterocycles. The van der Waals surface area contributed by atoms with Crippen molar-refractivity contribution in [2.24, 2.45) is 0 Å². The Bertz CT molecular complexity index is 913. The molecule has 10 heteroatoms. The Hall–Kier alpha value is -1.82. The molecule has 1 amide bonds. The van der Waals surface area contributed by atoms with Gasteiger partial charge in [0.05, 0.1) is 17.4 Å². The van der Waals surface area contributed by atoms with Gasteiger partial charge in [-0.1, -0.05) is 6.07 Å². The summed E-state index contributed by atoms with van der Waals surface area (Å²) < 4.78 is 66.1. The van der Waals surface area contributed by atoms with Crippen molar-refractivity contribution in [3.8, 4) is 5.75 Å². The molecule has 2 aromatic rings. The van der Waals surface area contributed by atoms with Crippen molar-refractivity contribution in [3.05, 3.63) is 57.2 Å². The summed E-state index contributed by atoms with van der Waals surface area (Å²) in [5.74, 6) is -1.01. The fourth-order valence-electron chi connectivity index (χ4n) is 1.89. The van der Waals surface area contributed by atoms with Gasteiger partial charge < -0.3 is 9.50 Å². The SMILES string of the molecule is CS(=O)(=O)Oc1ccc(I)cc1C(=O)Nc1cccc(C(F)(F)F)c1. The van der Waals surface area contributed by atoms with Crippen LogP contribution >= 0.6 is 22.6 Å². The van der Waals surface area contributed by atoms with Crippen molar-refractivity contribution in [2.75, 3.05) is 11.6 Å². The summed E-state index contributed by atoms with van der Waals surface area (Å²) in [5.41, 5.74) is -1.11. The maximum Gasteiger partial charge on any atom is 0.416 e. The van der Waals surface area contributed by atoms with Crippen LogP contribution in [0.3, 0.4) is 0 Å². The number of hydrogen-bond donors (Lipinski definition) is 1. The Morgan fingerprint density at radius 3 is 2.44 bits per heavy atom. The normalized spacial score (nSPS) is 11.9. The summed E-state index contributed by atoms with van der Waals surface area (Å²) in [6.45, 7) is 0. The molecule has 25 heavy (non-hydrogen) atoms. The van der Waals surface area contributed by atoms with Crippen molar-refractivity contribution < 1.29 is 30.6 Å². The third kappa shape index (κ3) is 5.59. The summed E-state index contributed by atoms with van der Waals surface area (Å²) in [7, 11) is -3.88. The predicted octanol–water partition coefficient (Wildman–Crippen LogP) is 3.90. The summed E-state index contributed by atoms with van der Waals surface area (Å²) >= 11 is 1.91. The Morgan fingerprint density at radius 2 is 1.84 bits per heavy atom. The average Bonchev–Trinajstić information content (AvgIpc) is 2.47. The first-order chi connectivity index (χ1) is 11.5. The third-order valence-electron chi connectivity index (χ3n) is 2.88. The standard InChI is InChI=1S/C15H11F3INO4S/c1-25(22,23)24-13-6-5-10(19)8-12(13)14(21)20-11-4-2-3-9(7-11)15(16,17)18/h2-8H,1H3,(H,20,21). The van der Waals surface area contributed by atoms with E-state index in [9.17, 15) is 26.4 Å². The number of amides is 1. The van der Waals surface area contributed by atoms with Crippen LogP contribution < -0.4 is 9.50 Å². The maximum atomic E-state index is 12.7. The molecule has 2 aromatic carbocycles. The van der Waals surface area contributed by atoms with E-state index in [1.807, 2.05) is 22.6 Å². The molecule has 0 aliphatic carbocycles. The van der Waals surface area contributed by atoms with E-state index in [4.69, 9.17) is 4.18 Å². The number of nitrogens with one attached hydrogen (secondary N) is 1. The average molecular weight is 485 g/mol. The first-order valence-corrected chi connectivity index (χ1v) is 9.53. The highest BCUT2D eigenvalue weighted by atomic mass is 127. The second-order valence-electron chi connectivity index (χ2n) is 4.96. The quantitative estimate of drug-likeness (QED) is 0.527. The molecule has 2 rings (SSSR count). The summed E-state index contributed by atoms with van der Waals surface area (Å²) in [4.78, 5) is 12.4. The first kappa shape index (κ1) is 19.5.